The SMILES string of the molecule is CC1CCC(NC2CC(=O)N(C)C2=O)CC1C. The van der Waals surface area contributed by atoms with Gasteiger partial charge in [0.1, 0.15) is 0 Å². The first-order valence-corrected chi connectivity index (χ1v) is 6.55. The number of amides is 2. The fourth-order valence-corrected chi connectivity index (χ4v) is 2.87. The van der Waals surface area contributed by atoms with E-state index < -0.39 is 0 Å². The fourth-order valence-electron chi connectivity index (χ4n) is 2.87. The first kappa shape index (κ1) is 12.6. The standard InChI is InChI=1S/C13H22N2O2/c1-8-4-5-10(6-9(8)2)14-11-7-12(16)15(3)13(11)17/h8-11,14H,4-7H2,1-3H3. The van der Waals surface area contributed by atoms with Gasteiger partial charge in [0.05, 0.1) is 12.5 Å². The molecule has 2 fully saturated rings. The Kier molecular flexibility index (Phi) is 3.52. The molecular formula is C13H22N2O2. The van der Waals surface area contributed by atoms with Crippen molar-refractivity contribution in [3.05, 3.63) is 0 Å². The zero-order valence-corrected chi connectivity index (χ0v) is 10.9. The van der Waals surface area contributed by atoms with Crippen molar-refractivity contribution in [2.45, 2.75) is 51.6 Å². The monoisotopic (exact) mass is 238 g/mol. The van der Waals surface area contributed by atoms with E-state index in [9.17, 15) is 9.59 Å². The first-order valence-electron chi connectivity index (χ1n) is 6.55. The van der Waals surface area contributed by atoms with Gasteiger partial charge in [0.25, 0.3) is 0 Å². The summed E-state index contributed by atoms with van der Waals surface area (Å²) in [6.45, 7) is 4.56. The van der Waals surface area contributed by atoms with E-state index in [1.54, 1.807) is 7.05 Å². The number of nitrogens with one attached hydrogen (secondary N) is 1. The van der Waals surface area contributed by atoms with Crippen LogP contribution in [0.5, 0.6) is 0 Å². The smallest absolute Gasteiger partial charge is 0.246 e. The van der Waals surface area contributed by atoms with Gasteiger partial charge in [-0.25, -0.2) is 0 Å². The van der Waals surface area contributed by atoms with E-state index in [0.717, 1.165) is 18.8 Å². The molecule has 0 aromatic carbocycles. The molecule has 96 valence electrons. The van der Waals surface area contributed by atoms with Gasteiger partial charge in [-0.15, -0.1) is 0 Å². The summed E-state index contributed by atoms with van der Waals surface area (Å²) < 4.78 is 0. The largest absolute Gasteiger partial charge is 0.303 e. The number of likely N-dealkylation sites (N-methyl/N-ethyl adjacent to an activating group) is 1. The molecule has 0 bridgehead atoms. The summed E-state index contributed by atoms with van der Waals surface area (Å²) in [5.74, 6) is 1.34. The summed E-state index contributed by atoms with van der Waals surface area (Å²) in [6, 6.07) is 0.118. The van der Waals surface area contributed by atoms with Gasteiger partial charge < -0.3 is 5.32 Å². The summed E-state index contributed by atoms with van der Waals surface area (Å²) in [4.78, 5) is 24.4. The highest BCUT2D eigenvalue weighted by Crippen LogP contribution is 2.30. The van der Waals surface area contributed by atoms with Crippen LogP contribution in [0.25, 0.3) is 0 Å². The number of carbonyl (C=O) groups excluding carboxylic acids is 2. The average Bonchev–Trinajstić information content (AvgIpc) is 2.52. The number of imide groups is 1. The molecule has 0 aromatic heterocycles. The van der Waals surface area contributed by atoms with Crippen LogP contribution in [0, 0.1) is 11.8 Å². The molecule has 0 spiro atoms. The van der Waals surface area contributed by atoms with Crippen molar-refractivity contribution in [3.8, 4) is 0 Å². The number of carbonyl (C=O) groups is 2. The molecule has 17 heavy (non-hydrogen) atoms. The van der Waals surface area contributed by atoms with Crippen molar-refractivity contribution in [1.29, 1.82) is 0 Å². The van der Waals surface area contributed by atoms with Crippen molar-refractivity contribution >= 4 is 11.8 Å². The Labute approximate surface area is 103 Å². The van der Waals surface area contributed by atoms with Gasteiger partial charge in [-0.1, -0.05) is 13.8 Å². The molecule has 1 N–H and O–H groups in total. The van der Waals surface area contributed by atoms with E-state index in [1.807, 2.05) is 0 Å². The summed E-state index contributed by atoms with van der Waals surface area (Å²) >= 11 is 0. The van der Waals surface area contributed by atoms with Crippen LogP contribution < -0.4 is 5.32 Å². The van der Waals surface area contributed by atoms with Gasteiger partial charge >= 0.3 is 0 Å². The van der Waals surface area contributed by atoms with Crippen molar-refractivity contribution in [1.82, 2.24) is 10.2 Å². The quantitative estimate of drug-likeness (QED) is 0.734. The minimum Gasteiger partial charge on any atom is -0.303 e. The second kappa shape index (κ2) is 4.77. The van der Waals surface area contributed by atoms with Crippen molar-refractivity contribution in [3.63, 3.8) is 0 Å². The number of hydrogen-bond acceptors (Lipinski definition) is 3. The lowest BCUT2D eigenvalue weighted by molar-refractivity contribution is -0.137. The molecule has 4 nitrogen and oxygen atoms in total. The Morgan fingerprint density at radius 2 is 1.88 bits per heavy atom. The predicted molar refractivity (Wildman–Crippen MR) is 65.3 cm³/mol. The number of rotatable bonds is 2. The highest BCUT2D eigenvalue weighted by atomic mass is 16.2. The van der Waals surface area contributed by atoms with Crippen LogP contribution in [-0.4, -0.2) is 35.8 Å². The Morgan fingerprint density at radius 1 is 1.18 bits per heavy atom. The van der Waals surface area contributed by atoms with Crippen LogP contribution in [0.4, 0.5) is 0 Å². The van der Waals surface area contributed by atoms with Crippen LogP contribution in [0.15, 0.2) is 0 Å². The lowest BCUT2D eigenvalue weighted by atomic mass is 9.79. The van der Waals surface area contributed by atoms with Crippen molar-refractivity contribution in [2.24, 2.45) is 11.8 Å². The molecule has 2 rings (SSSR count). The molecule has 2 aliphatic rings. The summed E-state index contributed by atoms with van der Waals surface area (Å²) in [5, 5.41) is 3.37. The Morgan fingerprint density at radius 3 is 2.41 bits per heavy atom. The van der Waals surface area contributed by atoms with E-state index in [1.165, 1.54) is 11.3 Å². The second-order valence-electron chi connectivity index (χ2n) is 5.68. The molecular weight excluding hydrogens is 216 g/mol. The maximum atomic E-state index is 11.8. The molecule has 0 radical (unpaired) electrons. The third kappa shape index (κ3) is 2.51. The van der Waals surface area contributed by atoms with Gasteiger partial charge in [-0.2, -0.15) is 0 Å². The fraction of sp³-hybridized carbons (Fsp3) is 0.846. The normalized spacial score (nSPS) is 38.9. The maximum Gasteiger partial charge on any atom is 0.246 e. The van der Waals surface area contributed by atoms with Crippen LogP contribution in [0.1, 0.15) is 39.5 Å². The van der Waals surface area contributed by atoms with Gasteiger partial charge in [0.2, 0.25) is 11.8 Å². The van der Waals surface area contributed by atoms with Gasteiger partial charge in [0.15, 0.2) is 0 Å². The molecule has 1 aliphatic heterocycles. The number of hydrogen-bond donors (Lipinski definition) is 1. The highest BCUT2D eigenvalue weighted by Gasteiger charge is 2.37. The summed E-state index contributed by atoms with van der Waals surface area (Å²) in [7, 11) is 1.57. The molecule has 4 unspecified atom stereocenters. The van der Waals surface area contributed by atoms with E-state index >= 15 is 0 Å². The summed E-state index contributed by atoms with van der Waals surface area (Å²) in [5.41, 5.74) is 0. The van der Waals surface area contributed by atoms with Gasteiger partial charge in [0, 0.05) is 13.1 Å². The molecule has 1 saturated carbocycles. The van der Waals surface area contributed by atoms with E-state index in [2.05, 4.69) is 19.2 Å². The summed E-state index contributed by atoms with van der Waals surface area (Å²) in [6.07, 6.45) is 3.77. The van der Waals surface area contributed by atoms with Crippen LogP contribution >= 0.6 is 0 Å². The van der Waals surface area contributed by atoms with Crippen LogP contribution in [0.2, 0.25) is 0 Å². The van der Waals surface area contributed by atoms with Crippen molar-refractivity contribution in [2.75, 3.05) is 7.05 Å². The van der Waals surface area contributed by atoms with Crippen LogP contribution in [-0.2, 0) is 9.59 Å². The lowest BCUT2D eigenvalue weighted by Crippen LogP contribution is -2.45. The molecule has 4 heteroatoms. The van der Waals surface area contributed by atoms with E-state index in [-0.39, 0.29) is 17.9 Å². The predicted octanol–water partition coefficient (Wildman–Crippen LogP) is 1.16. The molecule has 0 aromatic rings. The minimum atomic E-state index is -0.280. The van der Waals surface area contributed by atoms with Gasteiger partial charge in [-0.3, -0.25) is 14.5 Å². The Hall–Kier alpha value is -0.900. The molecule has 1 heterocycles. The molecule has 1 saturated heterocycles. The zero-order chi connectivity index (χ0) is 12.6. The lowest BCUT2D eigenvalue weighted by Gasteiger charge is -2.33. The van der Waals surface area contributed by atoms with Crippen molar-refractivity contribution < 1.29 is 9.59 Å². The van der Waals surface area contributed by atoms with E-state index in [0.29, 0.717) is 18.4 Å². The Balaban J connectivity index is 1.90. The third-order valence-electron chi connectivity index (χ3n) is 4.42. The Bertz CT molecular complexity index is 329. The first-order chi connectivity index (χ1) is 7.99. The zero-order valence-electron chi connectivity index (χ0n) is 10.9. The average molecular weight is 238 g/mol. The molecule has 4 atom stereocenters. The molecule has 1 aliphatic carbocycles. The van der Waals surface area contributed by atoms with E-state index in [4.69, 9.17) is 0 Å². The third-order valence-corrected chi connectivity index (χ3v) is 4.42. The van der Waals surface area contributed by atoms with Gasteiger partial charge in [-0.05, 0) is 31.1 Å². The van der Waals surface area contributed by atoms with Crippen LogP contribution in [0.3, 0.4) is 0 Å². The maximum absolute atomic E-state index is 11.8. The second-order valence-corrected chi connectivity index (χ2v) is 5.68. The number of likely N-dealkylation sites (tertiary alicyclic amines) is 1. The highest BCUT2D eigenvalue weighted by molar-refractivity contribution is 6.05. The number of nitrogens with zero attached hydrogens (tertiary/aromatic N) is 1. The molecule has 2 amide bonds. The topological polar surface area (TPSA) is 49.4 Å². The minimum absolute atomic E-state index is 0.0651.